The van der Waals surface area contributed by atoms with Crippen LogP contribution in [-0.4, -0.2) is 5.11 Å². The zero-order valence-electron chi connectivity index (χ0n) is 13.4. The van der Waals surface area contributed by atoms with Crippen molar-refractivity contribution in [2.24, 2.45) is 5.92 Å². The van der Waals surface area contributed by atoms with Gasteiger partial charge in [0.1, 0.15) is 0 Å². The Kier molecular flexibility index (Phi) is 3.25. The normalized spacial score (nSPS) is 25.6. The smallest absolute Gasteiger partial charge is 0.0818 e. The number of fused-ring (bicyclic) bond motifs is 1. The van der Waals surface area contributed by atoms with Gasteiger partial charge in [-0.05, 0) is 59.1 Å². The van der Waals surface area contributed by atoms with Gasteiger partial charge in [0.25, 0.3) is 0 Å². The van der Waals surface area contributed by atoms with E-state index in [4.69, 9.17) is 0 Å². The van der Waals surface area contributed by atoms with Gasteiger partial charge >= 0.3 is 0 Å². The molecule has 1 heteroatoms. The van der Waals surface area contributed by atoms with Crippen molar-refractivity contribution in [2.45, 2.75) is 76.7 Å². The molecule has 1 aromatic rings. The van der Waals surface area contributed by atoms with E-state index in [1.54, 1.807) is 0 Å². The third kappa shape index (κ3) is 2.20. The summed E-state index contributed by atoms with van der Waals surface area (Å²) in [6, 6.07) is 6.76. The second-order valence-corrected chi connectivity index (χ2v) is 8.21. The maximum Gasteiger partial charge on any atom is 0.0818 e. The molecule has 3 rings (SSSR count). The summed E-state index contributed by atoms with van der Waals surface area (Å²) >= 11 is 0. The average Bonchev–Trinajstić information content (AvgIpc) is 2.32. The summed E-state index contributed by atoms with van der Waals surface area (Å²) in [5.41, 5.74) is 4.59. The van der Waals surface area contributed by atoms with Gasteiger partial charge in [0, 0.05) is 0 Å². The monoisotopic (exact) mass is 272 g/mol. The first-order valence-electron chi connectivity index (χ1n) is 8.14. The molecule has 1 atom stereocenters. The SMILES string of the molecule is CC1(C)CCC(C)(C)c2cc(C(O)C3CCC3)ccc21. The lowest BCUT2D eigenvalue weighted by molar-refractivity contribution is 0.0619. The molecule has 0 radical (unpaired) electrons. The molecule has 2 aliphatic rings. The summed E-state index contributed by atoms with van der Waals surface area (Å²) in [5.74, 6) is 0.493. The summed E-state index contributed by atoms with van der Waals surface area (Å²) in [7, 11) is 0. The van der Waals surface area contributed by atoms with E-state index in [1.807, 2.05) is 0 Å². The maximum atomic E-state index is 10.5. The molecular formula is C19H28O. The van der Waals surface area contributed by atoms with Gasteiger partial charge in [-0.25, -0.2) is 0 Å². The van der Waals surface area contributed by atoms with Gasteiger partial charge in [0.05, 0.1) is 6.10 Å². The Hall–Kier alpha value is -0.820. The van der Waals surface area contributed by atoms with E-state index in [1.165, 1.54) is 43.2 Å². The van der Waals surface area contributed by atoms with E-state index in [0.717, 1.165) is 5.56 Å². The largest absolute Gasteiger partial charge is 0.388 e. The lowest BCUT2D eigenvalue weighted by atomic mass is 9.62. The Morgan fingerprint density at radius 1 is 1.00 bits per heavy atom. The number of benzene rings is 1. The number of rotatable bonds is 2. The van der Waals surface area contributed by atoms with Gasteiger partial charge in [-0.15, -0.1) is 0 Å². The first-order valence-corrected chi connectivity index (χ1v) is 8.14. The van der Waals surface area contributed by atoms with E-state index in [0.29, 0.717) is 5.92 Å². The number of hydrogen-bond donors (Lipinski definition) is 1. The number of aliphatic hydroxyl groups is 1. The summed E-state index contributed by atoms with van der Waals surface area (Å²) in [5, 5.41) is 10.5. The minimum Gasteiger partial charge on any atom is -0.388 e. The second kappa shape index (κ2) is 4.59. The lowest BCUT2D eigenvalue weighted by Crippen LogP contribution is -2.34. The van der Waals surface area contributed by atoms with E-state index in [2.05, 4.69) is 45.9 Å². The Balaban J connectivity index is 2.01. The zero-order chi connectivity index (χ0) is 14.5. The van der Waals surface area contributed by atoms with E-state index >= 15 is 0 Å². The number of aliphatic hydroxyl groups excluding tert-OH is 1. The summed E-state index contributed by atoms with van der Waals surface area (Å²) in [6.07, 6.45) is 5.88. The molecule has 1 N–H and O–H groups in total. The molecule has 2 aliphatic carbocycles. The van der Waals surface area contributed by atoms with Crippen LogP contribution in [0, 0.1) is 5.92 Å². The molecule has 1 nitrogen and oxygen atoms in total. The van der Waals surface area contributed by atoms with Crippen LogP contribution < -0.4 is 0 Å². The predicted molar refractivity (Wildman–Crippen MR) is 84.0 cm³/mol. The highest BCUT2D eigenvalue weighted by atomic mass is 16.3. The zero-order valence-corrected chi connectivity index (χ0v) is 13.4. The molecule has 0 aromatic heterocycles. The average molecular weight is 272 g/mol. The van der Waals surface area contributed by atoms with Crippen LogP contribution in [0.2, 0.25) is 0 Å². The molecule has 0 bridgehead atoms. The van der Waals surface area contributed by atoms with Crippen molar-refractivity contribution in [3.8, 4) is 0 Å². The summed E-state index contributed by atoms with van der Waals surface area (Å²) in [6.45, 7) is 9.40. The minimum atomic E-state index is -0.255. The molecule has 1 fully saturated rings. The molecule has 1 saturated carbocycles. The predicted octanol–water partition coefficient (Wildman–Crippen LogP) is 4.87. The lowest BCUT2D eigenvalue weighted by Gasteiger charge is -2.42. The highest BCUT2D eigenvalue weighted by Crippen LogP contribution is 2.47. The van der Waals surface area contributed by atoms with Crippen LogP contribution in [0.1, 0.15) is 82.6 Å². The van der Waals surface area contributed by atoms with Gasteiger partial charge < -0.3 is 5.11 Å². The van der Waals surface area contributed by atoms with Crippen LogP contribution in [0.4, 0.5) is 0 Å². The van der Waals surface area contributed by atoms with Crippen LogP contribution in [0.3, 0.4) is 0 Å². The highest BCUT2D eigenvalue weighted by Gasteiger charge is 2.37. The van der Waals surface area contributed by atoms with Gasteiger partial charge in [-0.2, -0.15) is 0 Å². The van der Waals surface area contributed by atoms with Crippen LogP contribution in [0.15, 0.2) is 18.2 Å². The van der Waals surface area contributed by atoms with Crippen molar-refractivity contribution in [3.63, 3.8) is 0 Å². The van der Waals surface area contributed by atoms with Gasteiger partial charge in [0.2, 0.25) is 0 Å². The topological polar surface area (TPSA) is 20.2 Å². The molecule has 0 amide bonds. The van der Waals surface area contributed by atoms with Crippen LogP contribution in [0.25, 0.3) is 0 Å². The molecule has 0 saturated heterocycles. The van der Waals surface area contributed by atoms with E-state index in [9.17, 15) is 5.11 Å². The molecule has 110 valence electrons. The quantitative estimate of drug-likeness (QED) is 0.814. The molecule has 1 aromatic carbocycles. The van der Waals surface area contributed by atoms with E-state index < -0.39 is 0 Å². The molecule has 0 spiro atoms. The van der Waals surface area contributed by atoms with Crippen molar-refractivity contribution in [1.29, 1.82) is 0 Å². The van der Waals surface area contributed by atoms with Crippen LogP contribution in [0.5, 0.6) is 0 Å². The fourth-order valence-electron chi connectivity index (χ4n) is 3.82. The second-order valence-electron chi connectivity index (χ2n) is 8.21. The Bertz CT molecular complexity index is 508. The molecule has 0 heterocycles. The first kappa shape index (κ1) is 14.1. The maximum absolute atomic E-state index is 10.5. The molecule has 0 aliphatic heterocycles. The number of hydrogen-bond acceptors (Lipinski definition) is 1. The minimum absolute atomic E-state index is 0.236. The highest BCUT2D eigenvalue weighted by molar-refractivity contribution is 5.44. The fraction of sp³-hybridized carbons (Fsp3) is 0.684. The Labute approximate surface area is 123 Å². The van der Waals surface area contributed by atoms with Crippen molar-refractivity contribution in [3.05, 3.63) is 34.9 Å². The standard InChI is InChI=1S/C19H28O/c1-18(2)10-11-19(3,4)16-12-14(8-9-15(16)18)17(20)13-6-5-7-13/h8-9,12-13,17,20H,5-7,10-11H2,1-4H3. The third-order valence-corrected chi connectivity index (χ3v) is 5.81. The van der Waals surface area contributed by atoms with E-state index in [-0.39, 0.29) is 16.9 Å². The first-order chi connectivity index (χ1) is 9.31. The van der Waals surface area contributed by atoms with Crippen molar-refractivity contribution >= 4 is 0 Å². The fourth-order valence-corrected chi connectivity index (χ4v) is 3.82. The van der Waals surface area contributed by atoms with Gasteiger partial charge in [-0.1, -0.05) is 52.3 Å². The Morgan fingerprint density at radius 3 is 2.15 bits per heavy atom. The van der Waals surface area contributed by atoms with Crippen LogP contribution >= 0.6 is 0 Å². The summed E-state index contributed by atoms with van der Waals surface area (Å²) in [4.78, 5) is 0. The molecule has 1 unspecified atom stereocenters. The van der Waals surface area contributed by atoms with Crippen LogP contribution in [-0.2, 0) is 10.8 Å². The van der Waals surface area contributed by atoms with Gasteiger partial charge in [-0.3, -0.25) is 0 Å². The van der Waals surface area contributed by atoms with Crippen molar-refractivity contribution in [1.82, 2.24) is 0 Å². The van der Waals surface area contributed by atoms with Gasteiger partial charge in [0.15, 0.2) is 0 Å². The molecule has 20 heavy (non-hydrogen) atoms. The summed E-state index contributed by atoms with van der Waals surface area (Å²) < 4.78 is 0. The van der Waals surface area contributed by atoms with Crippen molar-refractivity contribution < 1.29 is 5.11 Å². The Morgan fingerprint density at radius 2 is 1.60 bits per heavy atom. The molecular weight excluding hydrogens is 244 g/mol. The third-order valence-electron chi connectivity index (χ3n) is 5.81. The van der Waals surface area contributed by atoms with Crippen molar-refractivity contribution in [2.75, 3.05) is 0 Å².